The van der Waals surface area contributed by atoms with Crippen molar-refractivity contribution in [3.05, 3.63) is 504 Å². The largest absolute Gasteiger partial charge is 0.308 e. The molecule has 0 amide bonds. The number of fused-ring (bicyclic) bond motifs is 32. The van der Waals surface area contributed by atoms with E-state index in [4.69, 9.17) is 0 Å². The van der Waals surface area contributed by atoms with Crippen molar-refractivity contribution in [2.75, 3.05) is 0 Å². The molecule has 6 heteroatoms. The Balaban J connectivity index is 0.000000103. The lowest BCUT2D eigenvalue weighted by atomic mass is 9.96. The third-order valence-corrected chi connectivity index (χ3v) is 32.4. The van der Waals surface area contributed by atoms with Crippen LogP contribution in [0, 0.1) is 0 Å². The summed E-state index contributed by atoms with van der Waals surface area (Å²) in [6, 6.07) is 184. The van der Waals surface area contributed by atoms with Crippen molar-refractivity contribution in [3.8, 4) is 95.0 Å². The van der Waals surface area contributed by atoms with Crippen LogP contribution in [0.15, 0.2) is 504 Å². The fourth-order valence-corrected chi connectivity index (χ4v) is 26.2. The van der Waals surface area contributed by atoms with E-state index in [0.717, 1.165) is 0 Å². The molecule has 0 spiro atoms. The molecule has 0 N–H and O–H groups in total. The van der Waals surface area contributed by atoms with Gasteiger partial charge >= 0.3 is 0 Å². The van der Waals surface area contributed by atoms with Gasteiger partial charge in [0, 0.05) is 95.5 Å². The van der Waals surface area contributed by atoms with Crippen LogP contribution in [0.2, 0.25) is 0 Å². The Morgan fingerprint density at radius 3 is 0.750 bits per heavy atom. The van der Waals surface area contributed by atoms with Crippen LogP contribution in [0.4, 0.5) is 0 Å². The Kier molecular flexibility index (Phi) is 19.3. The zero-order chi connectivity index (χ0) is 92.0. The van der Waals surface area contributed by atoms with E-state index in [-0.39, 0.29) is 0 Å². The lowest BCUT2D eigenvalue weighted by Crippen LogP contribution is -1.95. The number of benzene rings is 24. The molecular formula is C134H83N3S3. The summed E-state index contributed by atoms with van der Waals surface area (Å²) in [5.74, 6) is 0. The summed E-state index contributed by atoms with van der Waals surface area (Å²) in [5, 5.41) is 28.6. The van der Waals surface area contributed by atoms with Gasteiger partial charge in [-0.3, -0.25) is 0 Å². The molecule has 30 aromatic rings. The van der Waals surface area contributed by atoms with Gasteiger partial charge in [0.25, 0.3) is 0 Å². The van der Waals surface area contributed by atoms with E-state index < -0.39 is 0 Å². The molecular weight excluding hydrogens is 1750 g/mol. The van der Waals surface area contributed by atoms with Crippen LogP contribution in [-0.4, -0.2) is 13.7 Å². The molecule has 0 atom stereocenters. The summed E-state index contributed by atoms with van der Waals surface area (Å²) >= 11 is 5.75. The van der Waals surface area contributed by atoms with Crippen molar-refractivity contribution in [2.45, 2.75) is 0 Å². The Labute approximate surface area is 819 Å². The highest BCUT2D eigenvalue weighted by atomic mass is 32.1. The lowest BCUT2D eigenvalue weighted by Gasteiger charge is -2.13. The van der Waals surface area contributed by atoms with Crippen molar-refractivity contribution < 1.29 is 0 Å². The molecule has 24 aromatic carbocycles. The molecule has 0 aliphatic heterocycles. The molecule has 0 bridgehead atoms. The van der Waals surface area contributed by atoms with Gasteiger partial charge in [-0.1, -0.05) is 400 Å². The van der Waals surface area contributed by atoms with Gasteiger partial charge in [-0.05, 0) is 229 Å². The fourth-order valence-electron chi connectivity index (χ4n) is 22.5. The lowest BCUT2D eigenvalue weighted by molar-refractivity contribution is 1.19. The minimum atomic E-state index is 1.17. The van der Waals surface area contributed by atoms with Gasteiger partial charge in [-0.25, -0.2) is 0 Å². The molecule has 0 aliphatic carbocycles. The topological polar surface area (TPSA) is 14.8 Å². The van der Waals surface area contributed by atoms with E-state index in [1.165, 1.54) is 275 Å². The Bertz CT molecular complexity index is 10200. The van der Waals surface area contributed by atoms with Crippen molar-refractivity contribution >= 4 is 214 Å². The summed E-state index contributed by atoms with van der Waals surface area (Å²) in [5.41, 5.74) is 28.4. The van der Waals surface area contributed by atoms with Crippen LogP contribution in [0.1, 0.15) is 0 Å². The average Bonchev–Trinajstić information content (AvgIpc) is 1.54. The molecule has 0 radical (unpaired) electrons. The maximum atomic E-state index is 2.55. The molecule has 0 saturated carbocycles. The van der Waals surface area contributed by atoms with Gasteiger partial charge in [0.15, 0.2) is 0 Å². The van der Waals surface area contributed by atoms with Crippen LogP contribution < -0.4 is 0 Å². The highest BCUT2D eigenvalue weighted by Crippen LogP contribution is 2.55. The number of hydrogen-bond acceptors (Lipinski definition) is 3. The fraction of sp³-hybridized carbons (Fsp3) is 0. The molecule has 0 aliphatic rings. The van der Waals surface area contributed by atoms with E-state index in [2.05, 4.69) is 517 Å². The van der Waals surface area contributed by atoms with Crippen LogP contribution in [0.5, 0.6) is 0 Å². The first-order valence-corrected chi connectivity index (χ1v) is 50.4. The summed E-state index contributed by atoms with van der Waals surface area (Å²) in [7, 11) is 0. The number of thiophene rings is 3. The molecule has 0 unspecified atom stereocenters. The SMILES string of the molecule is c1ccc(-c2ccc(-n3c4ccc(-c5ccccc5)cc4c4c5ccccc5c5c6cc(-c7ccccc7)ccc6sc5c43)cc2)cc1.c1ccc(-c2ccc3sc4c(c3c2)c2ccccc2c2c3cc(-c5ccccc5)ccc3n(-c3ccc5ccccc5c3)c42)cc1.c1ccc(-c2ccc3sc4c(c3c2)c2ccccc2c2c3cc(-c5ccccc5)ccc3n(-c3cccc5ccccc35)c42)cc1. The van der Waals surface area contributed by atoms with Crippen molar-refractivity contribution in [3.63, 3.8) is 0 Å². The van der Waals surface area contributed by atoms with E-state index in [9.17, 15) is 0 Å². The van der Waals surface area contributed by atoms with Crippen LogP contribution >= 0.6 is 34.0 Å². The normalized spacial score (nSPS) is 11.9. The predicted molar refractivity (Wildman–Crippen MR) is 607 cm³/mol. The third kappa shape index (κ3) is 13.3. The standard InChI is InChI=1S/C46H29NS.2C44H27NS/c1-4-12-30(13-5-1)33-20-24-36(25-21-33)47-41-26-22-34(31-14-6-2-7-15-31)28-39(41)43-37-18-10-11-19-38(37)44-40-29-35(32-16-8-3-9-17-32)23-27-42(40)48-46(44)45(43)47;1-3-12-28(13-4-1)31-22-24-39-36(26-31)41-34-19-9-10-20-35(34)42-37-27-32(29-14-5-2-6-15-29)23-25-40(37)46-44(42)43(41)45(39)38-21-11-17-30-16-7-8-18-33(30)38;1-3-11-28(12-4-1)32-20-23-39-37(26-32)41-35-17-9-10-18-36(35)42-38-27-33(29-13-5-2-6-14-29)21-24-40(38)46-44(42)43(41)45(39)34-22-19-30-15-7-8-16-31(30)25-34/h1-29H;2*1-27H. The third-order valence-electron chi connectivity index (χ3n) is 28.9. The molecule has 3 nitrogen and oxygen atoms in total. The first kappa shape index (κ1) is 81.0. The summed E-state index contributed by atoms with van der Waals surface area (Å²) in [6.07, 6.45) is 0. The zero-order valence-electron chi connectivity index (χ0n) is 76.0. The first-order valence-electron chi connectivity index (χ1n) is 48.0. The molecule has 652 valence electrons. The van der Waals surface area contributed by atoms with Gasteiger partial charge in [-0.2, -0.15) is 0 Å². The molecule has 30 rings (SSSR count). The number of aromatic nitrogens is 3. The highest BCUT2D eigenvalue weighted by Gasteiger charge is 2.29. The summed E-state index contributed by atoms with van der Waals surface area (Å²) in [6.45, 7) is 0. The van der Waals surface area contributed by atoms with Crippen molar-refractivity contribution in [2.24, 2.45) is 0 Å². The molecule has 140 heavy (non-hydrogen) atoms. The van der Waals surface area contributed by atoms with Gasteiger partial charge in [0.05, 0.1) is 52.9 Å². The monoisotopic (exact) mass is 1830 g/mol. The Morgan fingerprint density at radius 1 is 0.136 bits per heavy atom. The molecule has 6 aromatic heterocycles. The van der Waals surface area contributed by atoms with Crippen LogP contribution in [-0.2, 0) is 0 Å². The first-order chi connectivity index (χ1) is 69.5. The quantitative estimate of drug-likeness (QED) is 0.130. The minimum Gasteiger partial charge on any atom is -0.308 e. The number of hydrogen-bond donors (Lipinski definition) is 0. The second-order valence-corrected chi connectivity index (χ2v) is 39.9. The Hall–Kier alpha value is -17.4. The maximum absolute atomic E-state index is 2.55. The maximum Gasteiger partial charge on any atom is 0.0726 e. The summed E-state index contributed by atoms with van der Waals surface area (Å²) < 4.78 is 15.5. The Morgan fingerprint density at radius 2 is 0.386 bits per heavy atom. The highest BCUT2D eigenvalue weighted by molar-refractivity contribution is 7.28. The van der Waals surface area contributed by atoms with E-state index in [0.29, 0.717) is 0 Å². The molecule has 0 fully saturated rings. The average molecular weight is 1830 g/mol. The predicted octanol–water partition coefficient (Wildman–Crippen LogP) is 38.9. The minimum absolute atomic E-state index is 1.17. The van der Waals surface area contributed by atoms with E-state index in [1.54, 1.807) is 0 Å². The number of nitrogens with zero attached hydrogens (tertiary/aromatic N) is 3. The summed E-state index contributed by atoms with van der Waals surface area (Å²) in [4.78, 5) is 0. The van der Waals surface area contributed by atoms with Gasteiger partial charge in [-0.15, -0.1) is 34.0 Å². The van der Waals surface area contributed by atoms with Crippen molar-refractivity contribution in [1.82, 2.24) is 13.7 Å². The van der Waals surface area contributed by atoms with Crippen LogP contribution in [0.25, 0.3) is 275 Å². The molecule has 0 saturated heterocycles. The second kappa shape index (κ2) is 33.3. The van der Waals surface area contributed by atoms with E-state index >= 15 is 0 Å². The van der Waals surface area contributed by atoms with Gasteiger partial charge in [0.1, 0.15) is 0 Å². The van der Waals surface area contributed by atoms with Crippen LogP contribution in [0.3, 0.4) is 0 Å². The smallest absolute Gasteiger partial charge is 0.0726 e. The van der Waals surface area contributed by atoms with Crippen molar-refractivity contribution in [1.29, 1.82) is 0 Å². The van der Waals surface area contributed by atoms with E-state index in [1.807, 2.05) is 34.0 Å². The van der Waals surface area contributed by atoms with Gasteiger partial charge < -0.3 is 13.7 Å². The number of rotatable bonds is 10. The molecule has 6 heterocycles. The van der Waals surface area contributed by atoms with Gasteiger partial charge in [0.2, 0.25) is 0 Å². The zero-order valence-corrected chi connectivity index (χ0v) is 78.4. The second-order valence-electron chi connectivity index (χ2n) is 36.7.